The lowest BCUT2D eigenvalue weighted by atomic mass is 9.72. The van der Waals surface area contributed by atoms with E-state index in [2.05, 4.69) is 16.9 Å². The Hall–Kier alpha value is -1.45. The van der Waals surface area contributed by atoms with Gasteiger partial charge >= 0.3 is 5.97 Å². The number of hydrogen-bond donors (Lipinski definition) is 1. The van der Waals surface area contributed by atoms with Crippen molar-refractivity contribution in [2.75, 3.05) is 0 Å². The van der Waals surface area contributed by atoms with Gasteiger partial charge in [0.05, 0.1) is 5.92 Å². The highest BCUT2D eigenvalue weighted by molar-refractivity contribution is 5.71. The van der Waals surface area contributed by atoms with Gasteiger partial charge in [0, 0.05) is 18.3 Å². The molecule has 4 heteroatoms. The Morgan fingerprint density at radius 1 is 1.38 bits per heavy atom. The molecule has 1 saturated carbocycles. The molecule has 1 N–H and O–H groups in total. The number of nitrogens with zero attached hydrogens (tertiary/aromatic N) is 2. The van der Waals surface area contributed by atoms with Crippen LogP contribution in [0.4, 0.5) is 0 Å². The van der Waals surface area contributed by atoms with Crippen molar-refractivity contribution < 1.29 is 9.90 Å². The number of aliphatic carboxylic acids is 1. The summed E-state index contributed by atoms with van der Waals surface area (Å²) in [5, 5.41) is 9.22. The number of rotatable bonds is 2. The number of carboxylic acids is 1. The molecular weight excluding hydrogens is 204 g/mol. The average molecular weight is 220 g/mol. The molecule has 3 atom stereocenters. The van der Waals surface area contributed by atoms with Gasteiger partial charge in [-0.15, -0.1) is 0 Å². The van der Waals surface area contributed by atoms with Crippen molar-refractivity contribution in [3.63, 3.8) is 0 Å². The lowest BCUT2D eigenvalue weighted by Gasteiger charge is -2.32. The summed E-state index contributed by atoms with van der Waals surface area (Å²) in [4.78, 5) is 19.2. The monoisotopic (exact) mass is 220 g/mol. The van der Waals surface area contributed by atoms with Crippen molar-refractivity contribution in [2.24, 2.45) is 11.8 Å². The molecule has 0 aromatic carbocycles. The van der Waals surface area contributed by atoms with Gasteiger partial charge in [-0.05, 0) is 30.7 Å². The number of aromatic nitrogens is 2. The summed E-state index contributed by atoms with van der Waals surface area (Å²) in [6.07, 6.45) is 7.64. The molecule has 86 valence electrons. The Morgan fingerprint density at radius 3 is 2.69 bits per heavy atom. The molecule has 0 spiro atoms. The van der Waals surface area contributed by atoms with Crippen LogP contribution in [0.2, 0.25) is 0 Å². The van der Waals surface area contributed by atoms with Gasteiger partial charge < -0.3 is 5.11 Å². The summed E-state index contributed by atoms with van der Waals surface area (Å²) < 4.78 is 0. The maximum absolute atomic E-state index is 11.2. The van der Waals surface area contributed by atoms with Crippen LogP contribution in [0, 0.1) is 11.8 Å². The molecule has 0 saturated heterocycles. The highest BCUT2D eigenvalue weighted by atomic mass is 16.4. The van der Waals surface area contributed by atoms with Crippen molar-refractivity contribution in [1.82, 2.24) is 9.97 Å². The second-order valence-electron chi connectivity index (χ2n) is 4.64. The zero-order valence-corrected chi connectivity index (χ0v) is 9.34. The molecule has 0 amide bonds. The van der Waals surface area contributed by atoms with Crippen molar-refractivity contribution in [2.45, 2.75) is 32.1 Å². The first-order valence-electron chi connectivity index (χ1n) is 5.66. The number of carbonyl (C=O) groups is 1. The van der Waals surface area contributed by atoms with E-state index in [0.717, 1.165) is 24.8 Å². The zero-order chi connectivity index (χ0) is 11.5. The van der Waals surface area contributed by atoms with E-state index in [4.69, 9.17) is 0 Å². The van der Waals surface area contributed by atoms with Gasteiger partial charge in [0.1, 0.15) is 6.33 Å². The van der Waals surface area contributed by atoms with Crippen LogP contribution in [0.5, 0.6) is 0 Å². The Labute approximate surface area is 94.7 Å². The quantitative estimate of drug-likeness (QED) is 0.828. The summed E-state index contributed by atoms with van der Waals surface area (Å²) >= 11 is 0. The third-order valence-electron chi connectivity index (χ3n) is 3.44. The van der Waals surface area contributed by atoms with Crippen molar-refractivity contribution in [1.29, 1.82) is 0 Å². The van der Waals surface area contributed by atoms with Crippen LogP contribution < -0.4 is 0 Å². The fourth-order valence-corrected chi connectivity index (χ4v) is 2.55. The summed E-state index contributed by atoms with van der Waals surface area (Å²) in [5.74, 6) is -0.314. The standard InChI is InChI=1S/C12H16N2O2/c1-8-2-3-10(12(15)16)11(4-8)9-5-13-7-14-6-9/h5-8,10-11H,2-4H2,1H3,(H,15,16). The van der Waals surface area contributed by atoms with E-state index in [1.165, 1.54) is 6.33 Å². The lowest BCUT2D eigenvalue weighted by Crippen LogP contribution is -2.28. The third-order valence-corrected chi connectivity index (χ3v) is 3.44. The van der Waals surface area contributed by atoms with E-state index in [-0.39, 0.29) is 11.8 Å². The molecule has 16 heavy (non-hydrogen) atoms. The van der Waals surface area contributed by atoms with Gasteiger partial charge in [-0.1, -0.05) is 6.92 Å². The van der Waals surface area contributed by atoms with Crippen LogP contribution in [0.15, 0.2) is 18.7 Å². The minimum atomic E-state index is -0.694. The SMILES string of the molecule is CC1CCC(C(=O)O)C(c2cncnc2)C1. The van der Waals surface area contributed by atoms with Gasteiger partial charge in [-0.25, -0.2) is 9.97 Å². The van der Waals surface area contributed by atoms with E-state index in [1.54, 1.807) is 12.4 Å². The first kappa shape index (κ1) is 11.0. The second-order valence-corrected chi connectivity index (χ2v) is 4.64. The Bertz CT molecular complexity index is 367. The molecule has 0 aliphatic heterocycles. The first-order chi connectivity index (χ1) is 7.68. The molecule has 1 fully saturated rings. The van der Waals surface area contributed by atoms with Crippen LogP contribution in [0.3, 0.4) is 0 Å². The van der Waals surface area contributed by atoms with Crippen LogP contribution in [-0.2, 0) is 4.79 Å². The van der Waals surface area contributed by atoms with Gasteiger partial charge in [-0.3, -0.25) is 4.79 Å². The van der Waals surface area contributed by atoms with Crippen LogP contribution in [-0.4, -0.2) is 21.0 Å². The molecule has 1 aliphatic rings. The molecule has 4 nitrogen and oxygen atoms in total. The number of hydrogen-bond acceptors (Lipinski definition) is 3. The summed E-state index contributed by atoms with van der Waals surface area (Å²) in [7, 11) is 0. The van der Waals surface area contributed by atoms with E-state index in [9.17, 15) is 9.90 Å². The predicted molar refractivity (Wildman–Crippen MR) is 58.9 cm³/mol. The molecule has 1 heterocycles. The molecule has 1 aliphatic carbocycles. The molecule has 1 aromatic rings. The topological polar surface area (TPSA) is 63.1 Å². The van der Waals surface area contributed by atoms with E-state index >= 15 is 0 Å². The Kier molecular flexibility index (Phi) is 3.17. The minimum Gasteiger partial charge on any atom is -0.481 e. The van der Waals surface area contributed by atoms with Crippen molar-refractivity contribution in [3.8, 4) is 0 Å². The zero-order valence-electron chi connectivity index (χ0n) is 9.34. The first-order valence-corrected chi connectivity index (χ1v) is 5.66. The molecule has 0 bridgehead atoms. The largest absolute Gasteiger partial charge is 0.481 e. The molecule has 1 aromatic heterocycles. The van der Waals surface area contributed by atoms with Gasteiger partial charge in [0.2, 0.25) is 0 Å². The maximum atomic E-state index is 11.2. The minimum absolute atomic E-state index is 0.0717. The summed E-state index contributed by atoms with van der Waals surface area (Å²) in [5.41, 5.74) is 0.960. The van der Waals surface area contributed by atoms with Crippen LogP contribution in [0.25, 0.3) is 0 Å². The fourth-order valence-electron chi connectivity index (χ4n) is 2.55. The lowest BCUT2D eigenvalue weighted by molar-refractivity contribution is -0.143. The Morgan fingerprint density at radius 2 is 2.06 bits per heavy atom. The molecule has 2 rings (SSSR count). The average Bonchev–Trinajstić information content (AvgIpc) is 2.29. The molecule has 3 unspecified atom stereocenters. The van der Waals surface area contributed by atoms with Gasteiger partial charge in [-0.2, -0.15) is 0 Å². The van der Waals surface area contributed by atoms with Crippen LogP contribution in [0.1, 0.15) is 37.7 Å². The molecular formula is C12H16N2O2. The Balaban J connectivity index is 2.24. The van der Waals surface area contributed by atoms with Crippen molar-refractivity contribution in [3.05, 3.63) is 24.3 Å². The highest BCUT2D eigenvalue weighted by Gasteiger charge is 2.34. The predicted octanol–water partition coefficient (Wildman–Crippen LogP) is 2.08. The van der Waals surface area contributed by atoms with Crippen molar-refractivity contribution >= 4 is 5.97 Å². The second kappa shape index (κ2) is 4.60. The summed E-state index contributed by atoms with van der Waals surface area (Å²) in [6, 6.07) is 0. The smallest absolute Gasteiger partial charge is 0.307 e. The van der Waals surface area contributed by atoms with E-state index in [0.29, 0.717) is 5.92 Å². The summed E-state index contributed by atoms with van der Waals surface area (Å²) in [6.45, 7) is 2.18. The normalized spacial score (nSPS) is 29.9. The highest BCUT2D eigenvalue weighted by Crippen LogP contribution is 2.40. The van der Waals surface area contributed by atoms with Gasteiger partial charge in [0.15, 0.2) is 0 Å². The van der Waals surface area contributed by atoms with E-state index < -0.39 is 5.97 Å². The van der Waals surface area contributed by atoms with Gasteiger partial charge in [0.25, 0.3) is 0 Å². The van der Waals surface area contributed by atoms with E-state index in [1.807, 2.05) is 0 Å². The fraction of sp³-hybridized carbons (Fsp3) is 0.583. The number of carboxylic acid groups (broad SMARTS) is 1. The third kappa shape index (κ3) is 2.21. The maximum Gasteiger partial charge on any atom is 0.307 e. The van der Waals surface area contributed by atoms with Crippen LogP contribution >= 0.6 is 0 Å². The molecule has 0 radical (unpaired) electrons.